The molecule has 0 fully saturated rings. The van der Waals surface area contributed by atoms with Crippen LogP contribution in [0.4, 0.5) is 0 Å². The van der Waals surface area contributed by atoms with Crippen molar-refractivity contribution in [2.24, 2.45) is 0 Å². The third kappa shape index (κ3) is 4.00. The summed E-state index contributed by atoms with van der Waals surface area (Å²) in [7, 11) is 0. The minimum absolute atomic E-state index is 1.25. The highest BCUT2D eigenvalue weighted by Gasteiger charge is 2.19. The molecule has 0 unspecified atom stereocenters. The Balaban J connectivity index is 1.26. The average Bonchev–Trinajstić information content (AvgIpc) is 3.50. The molecule has 0 amide bonds. The lowest BCUT2D eigenvalue weighted by atomic mass is 9.83. The van der Waals surface area contributed by atoms with Gasteiger partial charge >= 0.3 is 0 Å². The van der Waals surface area contributed by atoms with E-state index in [9.17, 15) is 0 Å². The lowest BCUT2D eigenvalue weighted by molar-refractivity contribution is 1.66. The van der Waals surface area contributed by atoms with Crippen LogP contribution in [0.15, 0.2) is 170 Å². The molecule has 218 valence electrons. The van der Waals surface area contributed by atoms with Crippen LogP contribution in [0.1, 0.15) is 0 Å². The zero-order valence-electron chi connectivity index (χ0n) is 25.6. The highest BCUT2D eigenvalue weighted by molar-refractivity contribution is 7.25. The van der Waals surface area contributed by atoms with Crippen LogP contribution in [0.5, 0.6) is 0 Å². The SMILES string of the molecule is c1ccc(-c2c3ccccc3c(-c3ccc(-c4cccc5cc6c(cc45)sc4ccccc46)c4ccccc34)c3ccccc23)cc1. The Bertz CT molecular complexity index is 2780. The summed E-state index contributed by atoms with van der Waals surface area (Å²) in [5.74, 6) is 0. The number of fused-ring (bicyclic) bond motifs is 7. The lowest BCUT2D eigenvalue weighted by Gasteiger charge is -2.20. The van der Waals surface area contributed by atoms with Crippen molar-refractivity contribution in [3.63, 3.8) is 0 Å². The predicted octanol–water partition coefficient (Wildman–Crippen LogP) is 13.7. The first-order valence-electron chi connectivity index (χ1n) is 16.2. The van der Waals surface area contributed by atoms with Gasteiger partial charge in [0.2, 0.25) is 0 Å². The number of rotatable bonds is 3. The summed E-state index contributed by atoms with van der Waals surface area (Å²) in [6.45, 7) is 0. The molecule has 0 aliphatic rings. The van der Waals surface area contributed by atoms with Crippen molar-refractivity contribution in [2.75, 3.05) is 0 Å². The highest BCUT2D eigenvalue weighted by Crippen LogP contribution is 2.47. The van der Waals surface area contributed by atoms with E-state index in [4.69, 9.17) is 0 Å². The second-order valence-electron chi connectivity index (χ2n) is 12.4. The Kier molecular flexibility index (Phi) is 5.85. The number of thiophene rings is 1. The maximum absolute atomic E-state index is 2.41. The molecule has 1 aromatic heterocycles. The van der Waals surface area contributed by atoms with E-state index in [1.54, 1.807) is 0 Å². The summed E-state index contributed by atoms with van der Waals surface area (Å²) < 4.78 is 2.68. The molecule has 0 bridgehead atoms. The molecule has 0 nitrogen and oxygen atoms in total. The summed E-state index contributed by atoms with van der Waals surface area (Å²) >= 11 is 1.89. The minimum Gasteiger partial charge on any atom is -0.135 e. The quantitative estimate of drug-likeness (QED) is 0.174. The first kappa shape index (κ1) is 26.5. The van der Waals surface area contributed by atoms with Gasteiger partial charge < -0.3 is 0 Å². The molecule has 1 heteroatoms. The van der Waals surface area contributed by atoms with Gasteiger partial charge in [-0.1, -0.05) is 152 Å². The zero-order chi connectivity index (χ0) is 30.9. The molecule has 0 atom stereocenters. The number of benzene rings is 9. The average molecular weight is 613 g/mol. The Labute approximate surface area is 276 Å². The van der Waals surface area contributed by atoms with E-state index in [-0.39, 0.29) is 0 Å². The highest BCUT2D eigenvalue weighted by atomic mass is 32.1. The van der Waals surface area contributed by atoms with E-state index in [1.165, 1.54) is 96.6 Å². The van der Waals surface area contributed by atoms with Crippen LogP contribution < -0.4 is 0 Å². The smallest absolute Gasteiger partial charge is 0.0362 e. The molecule has 0 saturated heterocycles. The van der Waals surface area contributed by atoms with Gasteiger partial charge in [-0.15, -0.1) is 11.3 Å². The van der Waals surface area contributed by atoms with Crippen LogP contribution >= 0.6 is 11.3 Å². The van der Waals surface area contributed by atoms with Gasteiger partial charge in [-0.3, -0.25) is 0 Å². The van der Waals surface area contributed by atoms with Crippen molar-refractivity contribution < 1.29 is 0 Å². The van der Waals surface area contributed by atoms with Crippen LogP contribution in [-0.4, -0.2) is 0 Å². The van der Waals surface area contributed by atoms with Crippen molar-refractivity contribution in [1.29, 1.82) is 0 Å². The second-order valence-corrected chi connectivity index (χ2v) is 13.5. The molecule has 0 saturated carbocycles. The second kappa shape index (κ2) is 10.4. The van der Waals surface area contributed by atoms with E-state index in [2.05, 4.69) is 170 Å². The molecule has 0 N–H and O–H groups in total. The van der Waals surface area contributed by atoms with Gasteiger partial charge in [-0.25, -0.2) is 0 Å². The summed E-state index contributed by atoms with van der Waals surface area (Å²) in [5, 5.41) is 12.9. The van der Waals surface area contributed by atoms with Crippen molar-refractivity contribution in [2.45, 2.75) is 0 Å². The van der Waals surface area contributed by atoms with Gasteiger partial charge in [-0.2, -0.15) is 0 Å². The fraction of sp³-hybridized carbons (Fsp3) is 0. The molecular formula is C46H28S. The van der Waals surface area contributed by atoms with Crippen LogP contribution in [0, 0.1) is 0 Å². The number of hydrogen-bond acceptors (Lipinski definition) is 1. The largest absolute Gasteiger partial charge is 0.135 e. The van der Waals surface area contributed by atoms with Crippen LogP contribution in [0.3, 0.4) is 0 Å². The van der Waals surface area contributed by atoms with Crippen molar-refractivity contribution >= 4 is 74.6 Å². The van der Waals surface area contributed by atoms with Gasteiger partial charge in [0.15, 0.2) is 0 Å². The topological polar surface area (TPSA) is 0 Å². The van der Waals surface area contributed by atoms with E-state index in [1.807, 2.05) is 11.3 Å². The fourth-order valence-corrected chi connectivity index (χ4v) is 8.95. The van der Waals surface area contributed by atoms with Crippen molar-refractivity contribution in [3.8, 4) is 33.4 Å². The van der Waals surface area contributed by atoms with E-state index < -0.39 is 0 Å². The summed E-state index contributed by atoms with van der Waals surface area (Å²) in [6.07, 6.45) is 0. The predicted molar refractivity (Wildman–Crippen MR) is 206 cm³/mol. The Morgan fingerprint density at radius 2 is 0.809 bits per heavy atom. The van der Waals surface area contributed by atoms with Gasteiger partial charge in [0.1, 0.15) is 0 Å². The van der Waals surface area contributed by atoms with E-state index >= 15 is 0 Å². The Morgan fingerprint density at radius 3 is 1.51 bits per heavy atom. The minimum atomic E-state index is 1.25. The molecule has 0 aliphatic carbocycles. The lowest BCUT2D eigenvalue weighted by Crippen LogP contribution is -1.92. The molecule has 47 heavy (non-hydrogen) atoms. The van der Waals surface area contributed by atoms with Crippen LogP contribution in [0.25, 0.3) is 96.6 Å². The molecule has 1 heterocycles. The third-order valence-electron chi connectivity index (χ3n) is 9.86. The Morgan fingerprint density at radius 1 is 0.277 bits per heavy atom. The maximum atomic E-state index is 2.41. The molecular weight excluding hydrogens is 585 g/mol. The molecule has 0 aliphatic heterocycles. The van der Waals surface area contributed by atoms with Crippen LogP contribution in [-0.2, 0) is 0 Å². The molecule has 10 rings (SSSR count). The summed E-state index contributed by atoms with van der Waals surface area (Å²) in [5.41, 5.74) is 7.65. The first-order chi connectivity index (χ1) is 23.3. The maximum Gasteiger partial charge on any atom is 0.0362 e. The molecule has 0 radical (unpaired) electrons. The van der Waals surface area contributed by atoms with Gasteiger partial charge in [-0.05, 0) is 94.7 Å². The van der Waals surface area contributed by atoms with Crippen molar-refractivity contribution in [3.05, 3.63) is 170 Å². The van der Waals surface area contributed by atoms with E-state index in [0.717, 1.165) is 0 Å². The van der Waals surface area contributed by atoms with Gasteiger partial charge in [0.25, 0.3) is 0 Å². The monoisotopic (exact) mass is 612 g/mol. The Hall–Kier alpha value is -5.76. The van der Waals surface area contributed by atoms with Crippen LogP contribution in [0.2, 0.25) is 0 Å². The molecule has 10 aromatic rings. The van der Waals surface area contributed by atoms with Gasteiger partial charge in [0.05, 0.1) is 0 Å². The number of hydrogen-bond donors (Lipinski definition) is 0. The summed E-state index contributed by atoms with van der Waals surface area (Å²) in [6, 6.07) is 62.7. The molecule has 9 aromatic carbocycles. The van der Waals surface area contributed by atoms with Crippen molar-refractivity contribution in [1.82, 2.24) is 0 Å². The fourth-order valence-electron chi connectivity index (χ4n) is 7.82. The van der Waals surface area contributed by atoms with Gasteiger partial charge in [0, 0.05) is 20.2 Å². The molecule has 0 spiro atoms. The third-order valence-corrected chi connectivity index (χ3v) is 11.0. The standard InChI is InChI=1S/C46H28S/c1-2-13-29(14-3-1)45-36-19-6-8-21-38(36)46(39-22-9-7-20-37(39)45)40-26-25-34(31-16-4-5-17-32(31)40)33-23-12-15-30-27-42-35-18-10-11-24-43(35)47-44(42)28-41(30)33/h1-28H. The summed E-state index contributed by atoms with van der Waals surface area (Å²) in [4.78, 5) is 0. The van der Waals surface area contributed by atoms with E-state index in [0.29, 0.717) is 0 Å². The first-order valence-corrected chi connectivity index (χ1v) is 17.0. The zero-order valence-corrected chi connectivity index (χ0v) is 26.4. The normalized spacial score (nSPS) is 11.8.